The van der Waals surface area contributed by atoms with Gasteiger partial charge < -0.3 is 4.90 Å². The Balaban J connectivity index is 1.53. The van der Waals surface area contributed by atoms with Crippen LogP contribution in [0.25, 0.3) is 0 Å². The molecule has 1 atom stereocenters. The van der Waals surface area contributed by atoms with Crippen LogP contribution in [-0.4, -0.2) is 62.7 Å². The van der Waals surface area contributed by atoms with Gasteiger partial charge in [0.05, 0.1) is 0 Å². The average Bonchev–Trinajstić information content (AvgIpc) is 3.42. The molecule has 2 aromatic heterocycles. The van der Waals surface area contributed by atoms with E-state index in [1.807, 2.05) is 4.68 Å². The normalized spacial score (nSPS) is 17.0. The van der Waals surface area contributed by atoms with Gasteiger partial charge in [0.15, 0.2) is 5.82 Å². The van der Waals surface area contributed by atoms with Crippen LogP contribution in [-0.2, 0) is 13.0 Å². The number of hydrogen-bond acceptors (Lipinski definition) is 6. The van der Waals surface area contributed by atoms with Crippen molar-refractivity contribution in [1.82, 2.24) is 30.0 Å². The van der Waals surface area contributed by atoms with E-state index < -0.39 is 0 Å². The molecule has 0 N–H and O–H groups in total. The third kappa shape index (κ3) is 4.48. The van der Waals surface area contributed by atoms with Crippen LogP contribution in [0.1, 0.15) is 35.7 Å². The summed E-state index contributed by atoms with van der Waals surface area (Å²) in [7, 11) is 0. The maximum Gasteiger partial charge on any atom is 0.173 e. The van der Waals surface area contributed by atoms with Gasteiger partial charge in [0, 0.05) is 37.6 Å². The van der Waals surface area contributed by atoms with Crippen LogP contribution in [0.5, 0.6) is 0 Å². The first kappa shape index (κ1) is 19.2. The van der Waals surface area contributed by atoms with Crippen molar-refractivity contribution in [3.8, 4) is 0 Å². The second-order valence-corrected chi connectivity index (χ2v) is 8.27. The summed E-state index contributed by atoms with van der Waals surface area (Å²) < 4.78 is 2.00. The zero-order valence-electron chi connectivity index (χ0n) is 16.4. The molecule has 6 nitrogen and oxygen atoms in total. The van der Waals surface area contributed by atoms with Crippen LogP contribution < -0.4 is 0 Å². The Labute approximate surface area is 170 Å². The zero-order chi connectivity index (χ0) is 19.2. The first-order valence-corrected chi connectivity index (χ1v) is 11.0. The highest BCUT2D eigenvalue weighted by atomic mass is 32.1. The van der Waals surface area contributed by atoms with Crippen molar-refractivity contribution in [2.24, 2.45) is 0 Å². The molecule has 3 heterocycles. The molecule has 1 saturated heterocycles. The second-order valence-electron chi connectivity index (χ2n) is 7.29. The summed E-state index contributed by atoms with van der Waals surface area (Å²) in [5.74, 6) is 0.960. The molecule has 0 aliphatic carbocycles. The van der Waals surface area contributed by atoms with Crippen LogP contribution in [0.3, 0.4) is 0 Å². The smallest absolute Gasteiger partial charge is 0.173 e. The summed E-state index contributed by atoms with van der Waals surface area (Å²) in [5.41, 5.74) is 1.31. The third-order valence-corrected chi connectivity index (χ3v) is 6.31. The van der Waals surface area contributed by atoms with Gasteiger partial charge >= 0.3 is 0 Å². The highest BCUT2D eigenvalue weighted by Crippen LogP contribution is 2.31. The van der Waals surface area contributed by atoms with Gasteiger partial charge in [-0.15, -0.1) is 16.4 Å². The number of aromatic nitrogens is 4. The summed E-state index contributed by atoms with van der Waals surface area (Å²) in [6.45, 7) is 8.56. The Morgan fingerprint density at radius 3 is 2.54 bits per heavy atom. The van der Waals surface area contributed by atoms with E-state index >= 15 is 0 Å². The van der Waals surface area contributed by atoms with Gasteiger partial charge in [0.25, 0.3) is 0 Å². The molecule has 0 bridgehead atoms. The number of tetrazole rings is 1. The summed E-state index contributed by atoms with van der Waals surface area (Å²) in [6, 6.07) is 15.0. The van der Waals surface area contributed by atoms with Crippen LogP contribution >= 0.6 is 11.3 Å². The molecule has 148 valence electrons. The molecule has 0 spiro atoms. The molecule has 0 amide bonds. The second kappa shape index (κ2) is 9.41. The van der Waals surface area contributed by atoms with Crippen molar-refractivity contribution < 1.29 is 0 Å². The number of thiophene rings is 1. The SMILES string of the molecule is CCCN1CCN(C(c2cccs2)c2nnnn2CCc2ccccc2)CC1. The van der Waals surface area contributed by atoms with Crippen LogP contribution in [0, 0.1) is 0 Å². The van der Waals surface area contributed by atoms with Gasteiger partial charge in [-0.3, -0.25) is 4.90 Å². The lowest BCUT2D eigenvalue weighted by molar-refractivity contribution is 0.106. The first-order chi connectivity index (χ1) is 13.8. The number of piperazine rings is 1. The predicted molar refractivity (Wildman–Crippen MR) is 112 cm³/mol. The largest absolute Gasteiger partial charge is 0.301 e. The first-order valence-electron chi connectivity index (χ1n) is 10.1. The summed E-state index contributed by atoms with van der Waals surface area (Å²) >= 11 is 1.79. The molecule has 1 aliphatic rings. The standard InChI is InChI=1S/C21H28N6S/c1-2-11-25-13-15-26(16-14-25)20(19-9-6-17-28-19)21-22-23-24-27(21)12-10-18-7-4-3-5-8-18/h3-9,17,20H,2,10-16H2,1H3. The van der Waals surface area contributed by atoms with Gasteiger partial charge in [0.2, 0.25) is 0 Å². The molecule has 1 unspecified atom stereocenters. The molecule has 1 fully saturated rings. The minimum atomic E-state index is 0.134. The topological polar surface area (TPSA) is 50.1 Å². The highest BCUT2D eigenvalue weighted by Gasteiger charge is 2.31. The summed E-state index contributed by atoms with van der Waals surface area (Å²) in [5, 5.41) is 15.0. The predicted octanol–water partition coefficient (Wildman–Crippen LogP) is 3.09. The van der Waals surface area contributed by atoms with E-state index in [0.29, 0.717) is 0 Å². The maximum absolute atomic E-state index is 4.47. The van der Waals surface area contributed by atoms with Gasteiger partial charge in [-0.1, -0.05) is 43.3 Å². The molecule has 28 heavy (non-hydrogen) atoms. The number of hydrogen-bond donors (Lipinski definition) is 0. The number of nitrogens with zero attached hydrogens (tertiary/aromatic N) is 6. The van der Waals surface area contributed by atoms with E-state index in [4.69, 9.17) is 0 Å². The molecule has 7 heteroatoms. The lowest BCUT2D eigenvalue weighted by atomic mass is 10.1. The van der Waals surface area contributed by atoms with Crippen molar-refractivity contribution in [1.29, 1.82) is 0 Å². The maximum atomic E-state index is 4.47. The van der Waals surface area contributed by atoms with E-state index in [0.717, 1.165) is 45.0 Å². The third-order valence-electron chi connectivity index (χ3n) is 5.38. The Morgan fingerprint density at radius 1 is 1.00 bits per heavy atom. The fourth-order valence-corrected chi connectivity index (χ4v) is 4.78. The Hall–Kier alpha value is -2.09. The average molecular weight is 397 g/mol. The van der Waals surface area contributed by atoms with Gasteiger partial charge in [-0.05, 0) is 46.8 Å². The Bertz CT molecular complexity index is 824. The van der Waals surface area contributed by atoms with Gasteiger partial charge in [-0.2, -0.15) is 0 Å². The fourth-order valence-electron chi connectivity index (χ4n) is 3.93. The van der Waals surface area contributed by atoms with Gasteiger partial charge in [-0.25, -0.2) is 4.68 Å². The molecular formula is C21H28N6S. The Kier molecular flexibility index (Phi) is 6.46. The number of rotatable bonds is 8. The molecule has 0 radical (unpaired) electrons. The van der Waals surface area contributed by atoms with Crippen LogP contribution in [0.15, 0.2) is 47.8 Å². The molecule has 4 rings (SSSR count). The highest BCUT2D eigenvalue weighted by molar-refractivity contribution is 7.10. The van der Waals surface area contributed by atoms with Crippen molar-refractivity contribution in [3.05, 3.63) is 64.1 Å². The zero-order valence-corrected chi connectivity index (χ0v) is 17.3. The van der Waals surface area contributed by atoms with Crippen molar-refractivity contribution in [3.63, 3.8) is 0 Å². The van der Waals surface area contributed by atoms with Crippen molar-refractivity contribution in [2.75, 3.05) is 32.7 Å². The number of benzene rings is 1. The van der Waals surface area contributed by atoms with Crippen LogP contribution in [0.2, 0.25) is 0 Å². The van der Waals surface area contributed by atoms with Crippen molar-refractivity contribution in [2.45, 2.75) is 32.4 Å². The lowest BCUT2D eigenvalue weighted by Gasteiger charge is -2.38. The monoisotopic (exact) mass is 396 g/mol. The molecule has 1 aromatic carbocycles. The minimum absolute atomic E-state index is 0.134. The number of aryl methyl sites for hydroxylation is 2. The minimum Gasteiger partial charge on any atom is -0.301 e. The summed E-state index contributed by atoms with van der Waals surface area (Å²) in [4.78, 5) is 6.42. The molecule has 1 aliphatic heterocycles. The van der Waals surface area contributed by atoms with E-state index in [1.54, 1.807) is 11.3 Å². The molecular weight excluding hydrogens is 368 g/mol. The Morgan fingerprint density at radius 2 is 1.82 bits per heavy atom. The fraction of sp³-hybridized carbons (Fsp3) is 0.476. The summed E-state index contributed by atoms with van der Waals surface area (Å²) in [6.07, 6.45) is 2.15. The van der Waals surface area contributed by atoms with Crippen LogP contribution in [0.4, 0.5) is 0 Å². The van der Waals surface area contributed by atoms with E-state index in [2.05, 4.69) is 80.1 Å². The molecule has 3 aromatic rings. The van der Waals surface area contributed by atoms with E-state index in [1.165, 1.54) is 23.4 Å². The molecule has 0 saturated carbocycles. The lowest BCUT2D eigenvalue weighted by Crippen LogP contribution is -2.48. The van der Waals surface area contributed by atoms with Crippen molar-refractivity contribution >= 4 is 11.3 Å². The van der Waals surface area contributed by atoms with E-state index in [9.17, 15) is 0 Å². The quantitative estimate of drug-likeness (QED) is 0.586. The van der Waals surface area contributed by atoms with Gasteiger partial charge in [0.1, 0.15) is 6.04 Å². The van der Waals surface area contributed by atoms with E-state index in [-0.39, 0.29) is 6.04 Å².